The van der Waals surface area contributed by atoms with Crippen molar-refractivity contribution in [3.63, 3.8) is 0 Å². The number of aromatic nitrogens is 1. The Kier molecular flexibility index (Phi) is 6.52. The van der Waals surface area contributed by atoms with E-state index in [4.69, 9.17) is 0 Å². The quantitative estimate of drug-likeness (QED) is 0.566. The normalized spacial score (nSPS) is 10.3. The van der Waals surface area contributed by atoms with E-state index < -0.39 is 0 Å². The van der Waals surface area contributed by atoms with E-state index in [2.05, 4.69) is 20.9 Å². The zero-order valence-electron chi connectivity index (χ0n) is 15.9. The molecule has 0 saturated heterocycles. The first kappa shape index (κ1) is 20.0. The molecular formula is C22H21FN4O2. The Hall–Kier alpha value is -3.74. The fourth-order valence-corrected chi connectivity index (χ4v) is 2.74. The van der Waals surface area contributed by atoms with Crippen LogP contribution >= 0.6 is 0 Å². The molecule has 0 saturated carbocycles. The van der Waals surface area contributed by atoms with Gasteiger partial charge in [0.15, 0.2) is 0 Å². The summed E-state index contributed by atoms with van der Waals surface area (Å²) in [4.78, 5) is 27.8. The molecular weight excluding hydrogens is 371 g/mol. The number of amides is 2. The standard InChI is InChI=1S/C22H21FN4O2/c1-15(28)26-18-6-4-7-19(13-18)27-22(29)17-9-10-21(25-14-17)24-12-11-16-5-2-3-8-20(16)23/h2-10,13-14H,11-12H2,1H3,(H,24,25)(H,26,28)(H,27,29). The molecule has 0 fully saturated rings. The third-order valence-corrected chi connectivity index (χ3v) is 4.12. The summed E-state index contributed by atoms with van der Waals surface area (Å²) in [5.74, 6) is -0.117. The van der Waals surface area contributed by atoms with Crippen LogP contribution in [0.25, 0.3) is 0 Å². The summed E-state index contributed by atoms with van der Waals surface area (Å²) >= 11 is 0. The van der Waals surface area contributed by atoms with Crippen molar-refractivity contribution >= 4 is 29.0 Å². The van der Waals surface area contributed by atoms with Gasteiger partial charge in [-0.25, -0.2) is 9.37 Å². The van der Waals surface area contributed by atoms with Crippen molar-refractivity contribution < 1.29 is 14.0 Å². The van der Waals surface area contributed by atoms with Gasteiger partial charge in [0, 0.05) is 31.0 Å². The fraction of sp³-hybridized carbons (Fsp3) is 0.136. The molecule has 0 aliphatic carbocycles. The lowest BCUT2D eigenvalue weighted by Crippen LogP contribution is -2.13. The van der Waals surface area contributed by atoms with Crippen LogP contribution in [0.3, 0.4) is 0 Å². The average molecular weight is 392 g/mol. The zero-order chi connectivity index (χ0) is 20.6. The summed E-state index contributed by atoms with van der Waals surface area (Å²) in [6.45, 7) is 1.94. The predicted molar refractivity (Wildman–Crippen MR) is 112 cm³/mol. The second-order valence-electron chi connectivity index (χ2n) is 6.42. The van der Waals surface area contributed by atoms with Crippen molar-refractivity contribution in [2.24, 2.45) is 0 Å². The van der Waals surface area contributed by atoms with E-state index in [1.54, 1.807) is 54.6 Å². The molecule has 0 aliphatic heterocycles. The van der Waals surface area contributed by atoms with Gasteiger partial charge in [-0.15, -0.1) is 0 Å². The first-order valence-corrected chi connectivity index (χ1v) is 9.13. The molecule has 0 bridgehead atoms. The fourth-order valence-electron chi connectivity index (χ4n) is 2.74. The van der Waals surface area contributed by atoms with Crippen molar-refractivity contribution in [3.05, 3.63) is 83.8 Å². The van der Waals surface area contributed by atoms with Crippen LogP contribution in [0.2, 0.25) is 0 Å². The van der Waals surface area contributed by atoms with Gasteiger partial charge in [-0.2, -0.15) is 0 Å². The van der Waals surface area contributed by atoms with Gasteiger partial charge in [0.2, 0.25) is 5.91 Å². The summed E-state index contributed by atoms with van der Waals surface area (Å²) in [7, 11) is 0. The molecule has 0 spiro atoms. The number of nitrogens with zero attached hydrogens (tertiary/aromatic N) is 1. The number of anilines is 3. The minimum Gasteiger partial charge on any atom is -0.370 e. The topological polar surface area (TPSA) is 83.1 Å². The Bertz CT molecular complexity index is 1010. The average Bonchev–Trinajstić information content (AvgIpc) is 2.70. The van der Waals surface area contributed by atoms with Crippen LogP contribution in [0.1, 0.15) is 22.8 Å². The molecule has 3 rings (SSSR count). The first-order valence-electron chi connectivity index (χ1n) is 9.13. The molecule has 3 aromatic rings. The molecule has 3 N–H and O–H groups in total. The van der Waals surface area contributed by atoms with E-state index in [0.29, 0.717) is 41.3 Å². The van der Waals surface area contributed by atoms with Gasteiger partial charge in [-0.3, -0.25) is 9.59 Å². The number of carbonyl (C=O) groups excluding carboxylic acids is 2. The molecule has 0 unspecified atom stereocenters. The van der Waals surface area contributed by atoms with Gasteiger partial charge in [-0.05, 0) is 48.4 Å². The highest BCUT2D eigenvalue weighted by atomic mass is 19.1. The summed E-state index contributed by atoms with van der Waals surface area (Å²) in [5.41, 5.74) is 2.20. The Morgan fingerprint density at radius 3 is 2.41 bits per heavy atom. The Morgan fingerprint density at radius 1 is 0.966 bits per heavy atom. The number of hydrogen-bond acceptors (Lipinski definition) is 4. The lowest BCUT2D eigenvalue weighted by atomic mass is 10.1. The molecule has 0 radical (unpaired) electrons. The number of carbonyl (C=O) groups is 2. The maximum absolute atomic E-state index is 13.6. The van der Waals surface area contributed by atoms with E-state index in [1.165, 1.54) is 19.2 Å². The highest BCUT2D eigenvalue weighted by Gasteiger charge is 2.08. The maximum atomic E-state index is 13.6. The molecule has 1 aromatic heterocycles. The first-order chi connectivity index (χ1) is 14.0. The van der Waals surface area contributed by atoms with Crippen LogP contribution in [-0.4, -0.2) is 23.3 Å². The predicted octanol–water partition coefficient (Wildman–Crippen LogP) is 4.09. The minimum absolute atomic E-state index is 0.184. The van der Waals surface area contributed by atoms with Crippen LogP contribution in [0.5, 0.6) is 0 Å². The Labute approximate surface area is 168 Å². The second kappa shape index (κ2) is 9.45. The zero-order valence-corrected chi connectivity index (χ0v) is 15.9. The molecule has 1 heterocycles. The molecule has 148 valence electrons. The number of pyridine rings is 1. The van der Waals surface area contributed by atoms with Gasteiger partial charge in [0.05, 0.1) is 5.56 Å². The van der Waals surface area contributed by atoms with Gasteiger partial charge in [0.1, 0.15) is 11.6 Å². The third-order valence-electron chi connectivity index (χ3n) is 4.12. The molecule has 29 heavy (non-hydrogen) atoms. The largest absolute Gasteiger partial charge is 0.370 e. The summed E-state index contributed by atoms with van der Waals surface area (Å²) in [6.07, 6.45) is 2.00. The highest BCUT2D eigenvalue weighted by molar-refractivity contribution is 6.04. The number of rotatable bonds is 7. The molecule has 0 aliphatic rings. The summed E-state index contributed by atoms with van der Waals surface area (Å²) in [5, 5.41) is 8.55. The number of nitrogens with one attached hydrogen (secondary N) is 3. The number of benzene rings is 2. The van der Waals surface area contributed by atoms with Crippen molar-refractivity contribution in [1.82, 2.24) is 4.98 Å². The summed E-state index contributed by atoms with van der Waals surface area (Å²) in [6, 6.07) is 16.9. The van der Waals surface area contributed by atoms with E-state index in [1.807, 2.05) is 0 Å². The monoisotopic (exact) mass is 392 g/mol. The molecule has 6 nitrogen and oxygen atoms in total. The van der Waals surface area contributed by atoms with Crippen molar-refractivity contribution in [1.29, 1.82) is 0 Å². The van der Waals surface area contributed by atoms with E-state index in [-0.39, 0.29) is 17.6 Å². The molecule has 2 aromatic carbocycles. The van der Waals surface area contributed by atoms with Crippen LogP contribution < -0.4 is 16.0 Å². The van der Waals surface area contributed by atoms with Crippen LogP contribution in [0, 0.1) is 5.82 Å². The Morgan fingerprint density at radius 2 is 1.72 bits per heavy atom. The van der Waals surface area contributed by atoms with Gasteiger partial charge < -0.3 is 16.0 Å². The molecule has 2 amide bonds. The van der Waals surface area contributed by atoms with E-state index >= 15 is 0 Å². The lowest BCUT2D eigenvalue weighted by molar-refractivity contribution is -0.114. The van der Waals surface area contributed by atoms with Crippen LogP contribution in [-0.2, 0) is 11.2 Å². The van der Waals surface area contributed by atoms with E-state index in [0.717, 1.165) is 0 Å². The minimum atomic E-state index is -0.310. The van der Waals surface area contributed by atoms with Crippen molar-refractivity contribution in [3.8, 4) is 0 Å². The number of hydrogen-bond donors (Lipinski definition) is 3. The van der Waals surface area contributed by atoms with Crippen LogP contribution in [0.15, 0.2) is 66.9 Å². The van der Waals surface area contributed by atoms with Crippen molar-refractivity contribution in [2.75, 3.05) is 22.5 Å². The summed E-state index contributed by atoms with van der Waals surface area (Å²) < 4.78 is 13.6. The maximum Gasteiger partial charge on any atom is 0.257 e. The smallest absolute Gasteiger partial charge is 0.257 e. The highest BCUT2D eigenvalue weighted by Crippen LogP contribution is 2.16. The van der Waals surface area contributed by atoms with Crippen LogP contribution in [0.4, 0.5) is 21.6 Å². The van der Waals surface area contributed by atoms with Gasteiger partial charge in [0.25, 0.3) is 5.91 Å². The van der Waals surface area contributed by atoms with E-state index in [9.17, 15) is 14.0 Å². The Balaban J connectivity index is 1.55. The van der Waals surface area contributed by atoms with Crippen molar-refractivity contribution in [2.45, 2.75) is 13.3 Å². The molecule has 0 atom stereocenters. The lowest BCUT2D eigenvalue weighted by Gasteiger charge is -2.09. The second-order valence-corrected chi connectivity index (χ2v) is 6.42. The van der Waals surface area contributed by atoms with Gasteiger partial charge >= 0.3 is 0 Å². The molecule has 7 heteroatoms. The third kappa shape index (κ3) is 5.87. The number of halogens is 1. The SMILES string of the molecule is CC(=O)Nc1cccc(NC(=O)c2ccc(NCCc3ccccc3F)nc2)c1. The van der Waals surface area contributed by atoms with Gasteiger partial charge in [-0.1, -0.05) is 24.3 Å².